The van der Waals surface area contributed by atoms with Crippen molar-refractivity contribution in [1.82, 2.24) is 24.4 Å². The fraction of sp³-hybridized carbons (Fsp3) is 0.345. The number of amides is 1. The first-order chi connectivity index (χ1) is 19.9. The van der Waals surface area contributed by atoms with Crippen molar-refractivity contribution in [1.29, 1.82) is 0 Å². The Hall–Kier alpha value is -4.10. The van der Waals surface area contributed by atoms with E-state index in [2.05, 4.69) is 10.1 Å². The standard InChI is InChI=1S/C29H28F5N5O3/c1-16-14-37(24(15-40)21-12-19(30)6-9-23(21)31)10-11-38(16)28(41)22-13-35-39-26(29(32,33)34)17(2)25(36-27(22)39)18-4-7-20(42-3)8-5-18/h4-9,12-13,16,24,40H,10-11,14-15H2,1-3H3/t16-,24+/m1/s1. The number of nitrogens with zero attached hydrogens (tertiary/aromatic N) is 5. The lowest BCUT2D eigenvalue weighted by atomic mass is 10.0. The first-order valence-electron chi connectivity index (χ1n) is 13.1. The van der Waals surface area contributed by atoms with Gasteiger partial charge in [0.05, 0.1) is 31.6 Å². The Morgan fingerprint density at radius 3 is 2.48 bits per heavy atom. The van der Waals surface area contributed by atoms with Crippen LogP contribution in [0.5, 0.6) is 5.75 Å². The van der Waals surface area contributed by atoms with E-state index in [-0.39, 0.29) is 47.7 Å². The van der Waals surface area contributed by atoms with E-state index in [0.717, 1.165) is 24.4 Å². The number of ether oxygens (including phenoxy) is 1. The molecule has 4 aromatic rings. The number of hydrogen-bond donors (Lipinski definition) is 1. The minimum absolute atomic E-state index is 0.00239. The zero-order valence-corrected chi connectivity index (χ0v) is 23.0. The van der Waals surface area contributed by atoms with Crippen LogP contribution in [0.3, 0.4) is 0 Å². The van der Waals surface area contributed by atoms with E-state index in [0.29, 0.717) is 15.8 Å². The van der Waals surface area contributed by atoms with Crippen LogP contribution in [0.4, 0.5) is 22.0 Å². The number of aromatic nitrogens is 3. The van der Waals surface area contributed by atoms with E-state index in [1.54, 1.807) is 36.1 Å². The molecule has 0 radical (unpaired) electrons. The number of methoxy groups -OCH3 is 1. The smallest absolute Gasteiger partial charge is 0.433 e. The SMILES string of the molecule is COc1ccc(-c2nc3c(C(=O)N4CCN([C@@H](CO)c5cc(F)ccc5F)C[C@H]4C)cnn3c(C(F)(F)F)c2C)cc1. The maximum Gasteiger partial charge on any atom is 0.433 e. The summed E-state index contributed by atoms with van der Waals surface area (Å²) < 4.78 is 76.9. The Bertz CT molecular complexity index is 1620. The predicted molar refractivity (Wildman–Crippen MR) is 143 cm³/mol. The van der Waals surface area contributed by atoms with Crippen LogP contribution in [0.2, 0.25) is 0 Å². The molecule has 5 rings (SSSR count). The molecule has 2 aromatic heterocycles. The van der Waals surface area contributed by atoms with Gasteiger partial charge in [0.1, 0.15) is 22.9 Å². The summed E-state index contributed by atoms with van der Waals surface area (Å²) in [6.45, 7) is 3.07. The van der Waals surface area contributed by atoms with Crippen molar-refractivity contribution in [3.05, 3.63) is 82.7 Å². The van der Waals surface area contributed by atoms with E-state index >= 15 is 0 Å². The zero-order valence-electron chi connectivity index (χ0n) is 23.0. The van der Waals surface area contributed by atoms with Gasteiger partial charge in [-0.25, -0.2) is 18.3 Å². The molecule has 2 aromatic carbocycles. The molecule has 3 heterocycles. The number of rotatable bonds is 6. The van der Waals surface area contributed by atoms with E-state index < -0.39 is 48.1 Å². The van der Waals surface area contributed by atoms with Gasteiger partial charge < -0.3 is 14.7 Å². The van der Waals surface area contributed by atoms with Crippen molar-refractivity contribution >= 4 is 11.6 Å². The number of hydrogen-bond acceptors (Lipinski definition) is 6. The molecule has 1 aliphatic rings. The summed E-state index contributed by atoms with van der Waals surface area (Å²) in [6.07, 6.45) is -3.71. The van der Waals surface area contributed by atoms with Crippen LogP contribution in [0.25, 0.3) is 16.9 Å². The number of carbonyl (C=O) groups is 1. The lowest BCUT2D eigenvalue weighted by Gasteiger charge is -2.43. The minimum Gasteiger partial charge on any atom is -0.497 e. The van der Waals surface area contributed by atoms with Crippen LogP contribution in [0, 0.1) is 18.6 Å². The number of fused-ring (bicyclic) bond motifs is 1. The number of piperazine rings is 1. The fourth-order valence-corrected chi connectivity index (χ4v) is 5.49. The molecule has 222 valence electrons. The molecule has 2 atom stereocenters. The maximum atomic E-state index is 14.5. The molecule has 1 aliphatic heterocycles. The normalized spacial score (nSPS) is 17.1. The van der Waals surface area contributed by atoms with Crippen LogP contribution in [0.1, 0.15) is 40.1 Å². The van der Waals surface area contributed by atoms with Gasteiger partial charge >= 0.3 is 6.18 Å². The van der Waals surface area contributed by atoms with Crippen molar-refractivity contribution in [3.8, 4) is 17.0 Å². The highest BCUT2D eigenvalue weighted by Crippen LogP contribution is 2.37. The van der Waals surface area contributed by atoms with E-state index in [4.69, 9.17) is 4.74 Å². The summed E-state index contributed by atoms with van der Waals surface area (Å²) in [5.74, 6) is -1.36. The summed E-state index contributed by atoms with van der Waals surface area (Å²) in [6, 6.07) is 8.06. The molecule has 1 amide bonds. The van der Waals surface area contributed by atoms with Crippen LogP contribution in [-0.4, -0.2) is 74.8 Å². The topological polar surface area (TPSA) is 83.2 Å². The van der Waals surface area contributed by atoms with Gasteiger partial charge in [-0.15, -0.1) is 0 Å². The van der Waals surface area contributed by atoms with Crippen molar-refractivity contribution < 1.29 is 36.6 Å². The first kappa shape index (κ1) is 29.4. The lowest BCUT2D eigenvalue weighted by Crippen LogP contribution is -2.55. The summed E-state index contributed by atoms with van der Waals surface area (Å²) in [4.78, 5) is 21.4. The van der Waals surface area contributed by atoms with Gasteiger partial charge in [0.2, 0.25) is 0 Å². The van der Waals surface area contributed by atoms with E-state index in [1.165, 1.54) is 18.9 Å². The highest BCUT2D eigenvalue weighted by atomic mass is 19.4. The summed E-state index contributed by atoms with van der Waals surface area (Å²) in [5, 5.41) is 13.9. The number of carbonyl (C=O) groups excluding carboxylic acids is 1. The number of halogens is 5. The summed E-state index contributed by atoms with van der Waals surface area (Å²) in [5.41, 5.74) is -1.09. The van der Waals surface area contributed by atoms with Crippen LogP contribution >= 0.6 is 0 Å². The third kappa shape index (κ3) is 5.29. The molecule has 0 spiro atoms. The molecule has 1 N–H and O–H groups in total. The maximum absolute atomic E-state index is 14.5. The Morgan fingerprint density at radius 2 is 1.86 bits per heavy atom. The second kappa shape index (κ2) is 11.3. The molecule has 1 saturated heterocycles. The van der Waals surface area contributed by atoms with Crippen molar-refractivity contribution in [2.24, 2.45) is 0 Å². The molecule has 0 aliphatic carbocycles. The van der Waals surface area contributed by atoms with Crippen molar-refractivity contribution in [2.45, 2.75) is 32.1 Å². The van der Waals surface area contributed by atoms with E-state index in [9.17, 15) is 31.9 Å². The van der Waals surface area contributed by atoms with Crippen molar-refractivity contribution in [3.63, 3.8) is 0 Å². The second-order valence-electron chi connectivity index (χ2n) is 10.2. The third-order valence-electron chi connectivity index (χ3n) is 7.60. The molecule has 0 bridgehead atoms. The molecule has 0 unspecified atom stereocenters. The molecular formula is C29H28F5N5O3. The highest BCUT2D eigenvalue weighted by Gasteiger charge is 2.40. The molecule has 0 saturated carbocycles. The van der Waals surface area contributed by atoms with Gasteiger partial charge in [-0.05, 0) is 56.3 Å². The number of aliphatic hydroxyl groups excluding tert-OH is 1. The molecule has 1 fully saturated rings. The average Bonchev–Trinajstić information content (AvgIpc) is 3.37. The van der Waals surface area contributed by atoms with Gasteiger partial charge in [-0.2, -0.15) is 18.3 Å². The highest BCUT2D eigenvalue weighted by molar-refractivity contribution is 6.00. The van der Waals surface area contributed by atoms with E-state index in [1.807, 2.05) is 0 Å². The summed E-state index contributed by atoms with van der Waals surface area (Å²) >= 11 is 0. The monoisotopic (exact) mass is 589 g/mol. The van der Waals surface area contributed by atoms with Gasteiger partial charge in [-0.3, -0.25) is 9.69 Å². The summed E-state index contributed by atoms with van der Waals surface area (Å²) in [7, 11) is 1.47. The van der Waals surface area contributed by atoms with Gasteiger partial charge in [0.25, 0.3) is 5.91 Å². The second-order valence-corrected chi connectivity index (χ2v) is 10.2. The van der Waals surface area contributed by atoms with Crippen LogP contribution in [-0.2, 0) is 6.18 Å². The Balaban J connectivity index is 1.49. The Kier molecular flexibility index (Phi) is 7.90. The largest absolute Gasteiger partial charge is 0.497 e. The number of benzene rings is 2. The number of aliphatic hydroxyl groups is 1. The lowest BCUT2D eigenvalue weighted by molar-refractivity contribution is -0.143. The molecule has 42 heavy (non-hydrogen) atoms. The van der Waals surface area contributed by atoms with Crippen LogP contribution < -0.4 is 4.74 Å². The number of alkyl halides is 3. The Morgan fingerprint density at radius 1 is 1.14 bits per heavy atom. The van der Waals surface area contributed by atoms with Gasteiger partial charge in [-0.1, -0.05) is 0 Å². The van der Waals surface area contributed by atoms with Crippen molar-refractivity contribution in [2.75, 3.05) is 33.4 Å². The predicted octanol–water partition coefficient (Wildman–Crippen LogP) is 4.89. The fourth-order valence-electron chi connectivity index (χ4n) is 5.49. The zero-order chi connectivity index (χ0) is 30.3. The van der Waals surface area contributed by atoms with Gasteiger partial charge in [0.15, 0.2) is 11.3 Å². The minimum atomic E-state index is -4.79. The van der Waals surface area contributed by atoms with Gasteiger partial charge in [0, 0.05) is 42.4 Å². The quantitative estimate of drug-likeness (QED) is 0.323. The first-order valence-corrected chi connectivity index (χ1v) is 13.1. The molecular weight excluding hydrogens is 561 g/mol. The molecule has 8 nitrogen and oxygen atoms in total. The van der Waals surface area contributed by atoms with Crippen LogP contribution in [0.15, 0.2) is 48.7 Å². The molecule has 13 heteroatoms. The third-order valence-corrected chi connectivity index (χ3v) is 7.60. The Labute approximate surface area is 237 Å². The average molecular weight is 590 g/mol.